The maximum atomic E-state index is 13.4. The van der Waals surface area contributed by atoms with Crippen molar-refractivity contribution in [1.82, 2.24) is 14.8 Å². The first-order chi connectivity index (χ1) is 14.9. The van der Waals surface area contributed by atoms with E-state index >= 15 is 0 Å². The molecule has 1 N–H and O–H groups in total. The third-order valence-corrected chi connectivity index (χ3v) is 5.31. The lowest BCUT2D eigenvalue weighted by Gasteiger charge is -2.11. The molecule has 1 aliphatic rings. The first-order valence-electron chi connectivity index (χ1n) is 9.50. The number of hydrogen-bond donors (Lipinski definition) is 1. The number of nitrogens with zero attached hydrogens (tertiary/aromatic N) is 3. The number of methoxy groups -OCH3 is 1. The van der Waals surface area contributed by atoms with Crippen molar-refractivity contribution in [2.24, 2.45) is 0 Å². The lowest BCUT2D eigenvalue weighted by atomic mass is 10.2. The lowest BCUT2D eigenvalue weighted by molar-refractivity contribution is -0.116. The number of rotatable bonds is 8. The monoisotopic (exact) mass is 448 g/mol. The second-order valence-corrected chi connectivity index (χ2v) is 7.69. The van der Waals surface area contributed by atoms with Gasteiger partial charge < -0.3 is 14.8 Å². The van der Waals surface area contributed by atoms with Gasteiger partial charge in [-0.3, -0.25) is 4.79 Å². The van der Waals surface area contributed by atoms with Crippen LogP contribution in [-0.2, 0) is 9.53 Å². The number of halogens is 3. The topological polar surface area (TPSA) is 78.3 Å². The largest absolute Gasteiger partial charge is 0.460 e. The third-order valence-electron chi connectivity index (χ3n) is 4.75. The molecule has 1 aromatic heterocycles. The highest BCUT2D eigenvalue weighted by molar-refractivity contribution is 6.39. The first-order valence-corrected chi connectivity index (χ1v) is 9.88. The van der Waals surface area contributed by atoms with Gasteiger partial charge >= 0.3 is 6.01 Å². The quantitative estimate of drug-likeness (QED) is 0.419. The molecule has 1 fully saturated rings. The summed E-state index contributed by atoms with van der Waals surface area (Å²) in [6.45, 7) is 0.610. The predicted molar refractivity (Wildman–Crippen MR) is 111 cm³/mol. The Labute approximate surface area is 181 Å². The van der Waals surface area contributed by atoms with Crippen LogP contribution in [0.4, 0.5) is 14.5 Å². The van der Waals surface area contributed by atoms with E-state index in [4.69, 9.17) is 21.1 Å². The van der Waals surface area contributed by atoms with Gasteiger partial charge in [0.1, 0.15) is 18.6 Å². The Morgan fingerprint density at radius 1 is 1.29 bits per heavy atom. The molecule has 1 amide bonds. The number of aromatic nitrogens is 3. The van der Waals surface area contributed by atoms with Crippen molar-refractivity contribution in [3.05, 3.63) is 54.3 Å². The second kappa shape index (κ2) is 8.60. The maximum absolute atomic E-state index is 13.4. The summed E-state index contributed by atoms with van der Waals surface area (Å²) in [5.41, 5.74) is 1.59. The molecule has 0 unspecified atom stereocenters. The number of benzene rings is 2. The average Bonchev–Trinajstić information content (AvgIpc) is 3.18. The summed E-state index contributed by atoms with van der Waals surface area (Å²) in [5.74, 6) is -0.562. The van der Waals surface area contributed by atoms with E-state index in [1.54, 1.807) is 43.5 Å². The van der Waals surface area contributed by atoms with Gasteiger partial charge in [0.25, 0.3) is 0 Å². The summed E-state index contributed by atoms with van der Waals surface area (Å²) < 4.78 is 38.8. The van der Waals surface area contributed by atoms with Gasteiger partial charge in [-0.1, -0.05) is 6.07 Å². The molecule has 3 aromatic rings. The molecule has 2 atom stereocenters. The zero-order valence-electron chi connectivity index (χ0n) is 16.5. The maximum Gasteiger partial charge on any atom is 0.336 e. The van der Waals surface area contributed by atoms with Gasteiger partial charge in [0, 0.05) is 24.8 Å². The molecular weight excluding hydrogens is 430 g/mol. The number of alkyl halides is 2. The molecular formula is C21H19ClF2N4O3. The molecule has 31 heavy (non-hydrogen) atoms. The molecule has 0 spiro atoms. The molecule has 0 saturated heterocycles. The fourth-order valence-electron chi connectivity index (χ4n) is 2.92. The molecule has 10 heteroatoms. The summed E-state index contributed by atoms with van der Waals surface area (Å²) >= 11 is 5.96. The van der Waals surface area contributed by atoms with E-state index < -0.39 is 17.0 Å². The standard InChI is InChI=1S/C21H19ClF2N4O3/c1-30-9-10-31-20-26-18(13-5-7-14(23)8-6-13)28(27-20)16-4-2-3-15(11-16)25-19(29)21(22)12-17(21)24/h2-8,11,17H,9-10,12H2,1H3,(H,25,29)/t17-,21-/m0/s1. The van der Waals surface area contributed by atoms with Crippen molar-refractivity contribution >= 4 is 23.2 Å². The molecule has 2 aromatic carbocycles. The zero-order valence-corrected chi connectivity index (χ0v) is 17.3. The van der Waals surface area contributed by atoms with Gasteiger partial charge in [-0.25, -0.2) is 13.5 Å². The van der Waals surface area contributed by atoms with Crippen molar-refractivity contribution in [3.8, 4) is 23.1 Å². The van der Waals surface area contributed by atoms with Gasteiger partial charge in [0.2, 0.25) is 5.91 Å². The van der Waals surface area contributed by atoms with E-state index in [1.807, 2.05) is 0 Å². The molecule has 4 rings (SSSR count). The molecule has 162 valence electrons. The van der Waals surface area contributed by atoms with Crippen LogP contribution >= 0.6 is 11.6 Å². The van der Waals surface area contributed by atoms with Crippen molar-refractivity contribution < 1.29 is 23.0 Å². The number of anilines is 1. The van der Waals surface area contributed by atoms with Crippen LogP contribution in [0.5, 0.6) is 6.01 Å². The first kappa shape index (κ1) is 21.2. The smallest absolute Gasteiger partial charge is 0.336 e. The second-order valence-electron chi connectivity index (χ2n) is 7.02. The fourth-order valence-corrected chi connectivity index (χ4v) is 3.11. The Bertz CT molecular complexity index is 1090. The Kier molecular flexibility index (Phi) is 5.88. The lowest BCUT2D eigenvalue weighted by Crippen LogP contribution is -2.27. The highest BCUT2D eigenvalue weighted by Gasteiger charge is 2.60. The molecule has 0 radical (unpaired) electrons. The highest BCUT2D eigenvalue weighted by Crippen LogP contribution is 2.46. The Hall–Kier alpha value is -3.04. The van der Waals surface area contributed by atoms with Gasteiger partial charge in [0.05, 0.1) is 12.3 Å². The number of ether oxygens (including phenoxy) is 2. The molecule has 0 bridgehead atoms. The van der Waals surface area contributed by atoms with Crippen molar-refractivity contribution in [3.63, 3.8) is 0 Å². The molecule has 1 saturated carbocycles. The van der Waals surface area contributed by atoms with Gasteiger partial charge in [0.15, 0.2) is 10.7 Å². The van der Waals surface area contributed by atoms with E-state index in [-0.39, 0.29) is 24.9 Å². The van der Waals surface area contributed by atoms with Gasteiger partial charge in [-0.2, -0.15) is 4.98 Å². The van der Waals surface area contributed by atoms with Crippen LogP contribution in [0.15, 0.2) is 48.5 Å². The molecule has 1 aliphatic carbocycles. The summed E-state index contributed by atoms with van der Waals surface area (Å²) in [4.78, 5) is 15.1. The molecule has 7 nitrogen and oxygen atoms in total. The summed E-state index contributed by atoms with van der Waals surface area (Å²) in [6.07, 6.45) is -1.37. The van der Waals surface area contributed by atoms with Crippen LogP contribution in [0, 0.1) is 5.82 Å². The van der Waals surface area contributed by atoms with Gasteiger partial charge in [-0.05, 0) is 42.5 Å². The number of amides is 1. The molecule has 1 heterocycles. The minimum atomic E-state index is -1.51. The number of carbonyl (C=O) groups is 1. The Balaban J connectivity index is 1.65. The van der Waals surface area contributed by atoms with E-state index in [0.717, 1.165) is 0 Å². The van der Waals surface area contributed by atoms with Gasteiger partial charge in [-0.15, -0.1) is 16.7 Å². The van der Waals surface area contributed by atoms with Crippen molar-refractivity contribution in [2.75, 3.05) is 25.6 Å². The average molecular weight is 449 g/mol. The van der Waals surface area contributed by atoms with E-state index in [9.17, 15) is 13.6 Å². The fraction of sp³-hybridized carbons (Fsp3) is 0.286. The van der Waals surface area contributed by atoms with Crippen LogP contribution in [0.2, 0.25) is 0 Å². The minimum absolute atomic E-state index is 0.0138. The highest BCUT2D eigenvalue weighted by atomic mass is 35.5. The third kappa shape index (κ3) is 4.52. The summed E-state index contributed by atoms with van der Waals surface area (Å²) in [7, 11) is 1.55. The Morgan fingerprint density at radius 3 is 2.71 bits per heavy atom. The van der Waals surface area contributed by atoms with E-state index in [2.05, 4.69) is 15.4 Å². The minimum Gasteiger partial charge on any atom is -0.460 e. The zero-order chi connectivity index (χ0) is 22.0. The van der Waals surface area contributed by atoms with E-state index in [1.165, 1.54) is 16.8 Å². The van der Waals surface area contributed by atoms with E-state index in [0.29, 0.717) is 29.4 Å². The SMILES string of the molecule is COCCOc1nc(-c2ccc(F)cc2)n(-c2cccc(NC(=O)[C@]3(Cl)C[C@@H]3F)c2)n1. The van der Waals surface area contributed by atoms with Crippen LogP contribution in [0.1, 0.15) is 6.42 Å². The van der Waals surface area contributed by atoms with Crippen LogP contribution < -0.4 is 10.1 Å². The number of hydrogen-bond acceptors (Lipinski definition) is 5. The van der Waals surface area contributed by atoms with Crippen molar-refractivity contribution in [2.45, 2.75) is 17.5 Å². The van der Waals surface area contributed by atoms with Crippen LogP contribution in [-0.4, -0.2) is 52.0 Å². The number of nitrogens with one attached hydrogen (secondary N) is 1. The number of carbonyl (C=O) groups excluding carboxylic acids is 1. The normalized spacial score (nSPS) is 19.8. The van der Waals surface area contributed by atoms with Crippen LogP contribution in [0.3, 0.4) is 0 Å². The Morgan fingerprint density at radius 2 is 2.03 bits per heavy atom. The van der Waals surface area contributed by atoms with Crippen LogP contribution in [0.25, 0.3) is 17.1 Å². The summed E-state index contributed by atoms with van der Waals surface area (Å²) in [6, 6.07) is 12.7. The molecule has 0 aliphatic heterocycles. The predicted octanol–water partition coefficient (Wildman–Crippen LogP) is 3.76. The van der Waals surface area contributed by atoms with Crippen molar-refractivity contribution in [1.29, 1.82) is 0 Å². The summed E-state index contributed by atoms with van der Waals surface area (Å²) in [5, 5.41) is 7.01.